The fraction of sp³-hybridized carbons (Fsp3) is 0.667. The molecular weight excluding hydrogens is 128 g/mol. The first kappa shape index (κ1) is 8.15. The Balaban J connectivity index is 3.64. The molecule has 0 aromatic carbocycles. The molecule has 0 saturated carbocycles. The van der Waals surface area contributed by atoms with E-state index >= 15 is 0 Å². The fourth-order valence-electron chi connectivity index (χ4n) is 0.244. The minimum atomic E-state index is -0.944. The highest BCUT2D eigenvalue weighted by Crippen LogP contribution is 1.81. The van der Waals surface area contributed by atoms with E-state index in [2.05, 4.69) is 0 Å². The lowest BCUT2D eigenvalue weighted by Gasteiger charge is -2.13. The lowest BCUT2D eigenvalue weighted by molar-refractivity contribution is 0.0381. The van der Waals surface area contributed by atoms with E-state index in [-0.39, 0.29) is 0 Å². The normalized spacial score (nSPS) is 8.78. The van der Waals surface area contributed by atoms with Crippen LogP contribution in [-0.2, 0) is 0 Å². The minimum Gasteiger partial charge on any atom is -0.376 e. The lowest BCUT2D eigenvalue weighted by atomic mass is 10.8. The van der Waals surface area contributed by atoms with Gasteiger partial charge in [0.25, 0.3) is 0 Å². The molecule has 6 heteroatoms. The standard InChI is InChI=1S/C3H8N2O4/c6-1-5(2-7)3(8)4-9/h6-7,9H,1-2H2,(H,4,8). The van der Waals surface area contributed by atoms with E-state index in [1.54, 1.807) is 0 Å². The Morgan fingerprint density at radius 2 is 1.89 bits per heavy atom. The fourth-order valence-corrected chi connectivity index (χ4v) is 0.244. The van der Waals surface area contributed by atoms with Gasteiger partial charge in [-0.05, 0) is 0 Å². The van der Waals surface area contributed by atoms with Crippen LogP contribution in [0.5, 0.6) is 0 Å². The third-order valence-corrected chi connectivity index (χ3v) is 0.724. The van der Waals surface area contributed by atoms with Gasteiger partial charge in [-0.1, -0.05) is 0 Å². The zero-order valence-electron chi connectivity index (χ0n) is 4.61. The quantitative estimate of drug-likeness (QED) is 0.206. The summed E-state index contributed by atoms with van der Waals surface area (Å²) < 4.78 is 0. The van der Waals surface area contributed by atoms with Crippen molar-refractivity contribution in [2.24, 2.45) is 0 Å². The Morgan fingerprint density at radius 1 is 1.44 bits per heavy atom. The molecule has 0 unspecified atom stereocenters. The second-order valence-electron chi connectivity index (χ2n) is 1.24. The van der Waals surface area contributed by atoms with Gasteiger partial charge in [0.2, 0.25) is 0 Å². The maximum absolute atomic E-state index is 10.2. The molecule has 6 nitrogen and oxygen atoms in total. The second-order valence-corrected chi connectivity index (χ2v) is 1.24. The third kappa shape index (κ3) is 2.27. The van der Waals surface area contributed by atoms with Gasteiger partial charge < -0.3 is 10.2 Å². The first-order chi connectivity index (χ1) is 4.26. The van der Waals surface area contributed by atoms with Gasteiger partial charge in [0, 0.05) is 0 Å². The molecule has 0 radical (unpaired) electrons. The molecule has 0 aliphatic rings. The van der Waals surface area contributed by atoms with Crippen LogP contribution in [-0.4, -0.2) is 39.8 Å². The van der Waals surface area contributed by atoms with Gasteiger partial charge in [-0.25, -0.2) is 10.3 Å². The summed E-state index contributed by atoms with van der Waals surface area (Å²) in [6.07, 6.45) is 0. The van der Waals surface area contributed by atoms with Gasteiger partial charge >= 0.3 is 6.03 Å². The summed E-state index contributed by atoms with van der Waals surface area (Å²) in [5.74, 6) is 0. The average Bonchev–Trinajstić information content (AvgIpc) is 1.90. The molecule has 0 fully saturated rings. The van der Waals surface area contributed by atoms with E-state index in [0.717, 1.165) is 0 Å². The van der Waals surface area contributed by atoms with E-state index in [0.29, 0.717) is 4.90 Å². The molecule has 0 atom stereocenters. The van der Waals surface area contributed by atoms with Gasteiger partial charge in [-0.2, -0.15) is 0 Å². The lowest BCUT2D eigenvalue weighted by Crippen LogP contribution is -2.39. The third-order valence-electron chi connectivity index (χ3n) is 0.724. The van der Waals surface area contributed by atoms with E-state index in [4.69, 9.17) is 15.4 Å². The second kappa shape index (κ2) is 4.07. The summed E-state index contributed by atoms with van der Waals surface area (Å²) in [4.78, 5) is 10.8. The maximum Gasteiger partial charge on any atom is 0.344 e. The number of hydrogen-bond acceptors (Lipinski definition) is 4. The summed E-state index contributed by atoms with van der Waals surface area (Å²) in [5.41, 5.74) is 1.23. The molecule has 0 aliphatic carbocycles. The molecule has 0 spiro atoms. The summed E-state index contributed by atoms with van der Waals surface area (Å²) in [7, 11) is 0. The van der Waals surface area contributed by atoms with E-state index in [1.165, 1.54) is 5.48 Å². The van der Waals surface area contributed by atoms with Crippen molar-refractivity contribution in [3.8, 4) is 0 Å². The highest BCUT2D eigenvalue weighted by molar-refractivity contribution is 5.72. The Hall–Kier alpha value is -0.850. The number of hydroxylamine groups is 1. The van der Waals surface area contributed by atoms with Crippen LogP contribution in [0.3, 0.4) is 0 Å². The van der Waals surface area contributed by atoms with Gasteiger partial charge in [0.1, 0.15) is 13.5 Å². The Morgan fingerprint density at radius 3 is 2.00 bits per heavy atom. The number of hydrogen-bond donors (Lipinski definition) is 4. The number of aliphatic hydroxyl groups excluding tert-OH is 2. The Bertz CT molecular complexity index is 91.8. The van der Waals surface area contributed by atoms with Crippen LogP contribution in [0.2, 0.25) is 0 Å². The van der Waals surface area contributed by atoms with Gasteiger partial charge in [0.15, 0.2) is 0 Å². The zero-order valence-corrected chi connectivity index (χ0v) is 4.61. The SMILES string of the molecule is O=C(NO)N(CO)CO. The highest BCUT2D eigenvalue weighted by Gasteiger charge is 2.07. The first-order valence-electron chi connectivity index (χ1n) is 2.17. The predicted molar refractivity (Wildman–Crippen MR) is 26.3 cm³/mol. The largest absolute Gasteiger partial charge is 0.376 e. The zero-order chi connectivity index (χ0) is 7.28. The Kier molecular flexibility index (Phi) is 3.69. The molecule has 0 aromatic heterocycles. The van der Waals surface area contributed by atoms with E-state index in [9.17, 15) is 4.79 Å². The highest BCUT2D eigenvalue weighted by atomic mass is 16.5. The summed E-state index contributed by atoms with van der Waals surface area (Å²) in [5, 5.41) is 24.3. The number of rotatable bonds is 2. The number of nitrogens with one attached hydrogen (secondary N) is 1. The van der Waals surface area contributed by atoms with Crippen LogP contribution >= 0.6 is 0 Å². The Labute approximate surface area is 51.3 Å². The monoisotopic (exact) mass is 136 g/mol. The molecule has 2 amide bonds. The van der Waals surface area contributed by atoms with Crippen molar-refractivity contribution in [2.45, 2.75) is 0 Å². The van der Waals surface area contributed by atoms with Gasteiger partial charge in [0.05, 0.1) is 0 Å². The summed E-state index contributed by atoms with van der Waals surface area (Å²) >= 11 is 0. The minimum absolute atomic E-state index is 0.583. The molecule has 0 bridgehead atoms. The van der Waals surface area contributed by atoms with Crippen molar-refractivity contribution in [2.75, 3.05) is 13.5 Å². The first-order valence-corrected chi connectivity index (χ1v) is 2.17. The maximum atomic E-state index is 10.2. The molecule has 0 rings (SSSR count). The molecule has 9 heavy (non-hydrogen) atoms. The van der Waals surface area contributed by atoms with Crippen LogP contribution in [0.15, 0.2) is 0 Å². The number of nitrogens with zero attached hydrogens (tertiary/aromatic N) is 1. The van der Waals surface area contributed by atoms with Crippen molar-refractivity contribution in [3.05, 3.63) is 0 Å². The summed E-state index contributed by atoms with van der Waals surface area (Å²) in [6.45, 7) is -1.27. The number of carbonyl (C=O) groups excluding carboxylic acids is 1. The van der Waals surface area contributed by atoms with Gasteiger partial charge in [-0.3, -0.25) is 10.1 Å². The van der Waals surface area contributed by atoms with Crippen LogP contribution in [0, 0.1) is 0 Å². The van der Waals surface area contributed by atoms with Crippen molar-refractivity contribution in [1.29, 1.82) is 0 Å². The van der Waals surface area contributed by atoms with Gasteiger partial charge in [-0.15, -0.1) is 0 Å². The number of amides is 2. The van der Waals surface area contributed by atoms with Crippen LogP contribution in [0.4, 0.5) is 4.79 Å². The average molecular weight is 136 g/mol. The van der Waals surface area contributed by atoms with Crippen molar-refractivity contribution < 1.29 is 20.2 Å². The number of aliphatic hydroxyl groups is 2. The van der Waals surface area contributed by atoms with Crippen LogP contribution < -0.4 is 5.48 Å². The van der Waals surface area contributed by atoms with Crippen molar-refractivity contribution >= 4 is 6.03 Å². The molecule has 0 heterocycles. The topological polar surface area (TPSA) is 93.0 Å². The van der Waals surface area contributed by atoms with E-state index in [1.807, 2.05) is 0 Å². The molecule has 0 aromatic rings. The van der Waals surface area contributed by atoms with Crippen LogP contribution in [0.25, 0.3) is 0 Å². The summed E-state index contributed by atoms with van der Waals surface area (Å²) in [6, 6.07) is -0.944. The molecule has 0 saturated heterocycles. The molecular formula is C3H8N2O4. The number of carbonyl (C=O) groups is 1. The van der Waals surface area contributed by atoms with Crippen LogP contribution in [0.1, 0.15) is 0 Å². The molecule has 54 valence electrons. The van der Waals surface area contributed by atoms with Crippen molar-refractivity contribution in [3.63, 3.8) is 0 Å². The molecule has 0 aliphatic heterocycles. The van der Waals surface area contributed by atoms with E-state index < -0.39 is 19.5 Å². The predicted octanol–water partition coefficient (Wildman–Crippen LogP) is -1.71. The molecule has 4 N–H and O–H groups in total. The van der Waals surface area contributed by atoms with Crippen molar-refractivity contribution in [1.82, 2.24) is 10.4 Å². The smallest absolute Gasteiger partial charge is 0.344 e. The number of urea groups is 1.